The summed E-state index contributed by atoms with van der Waals surface area (Å²) in [6, 6.07) is 5.96. The topological polar surface area (TPSA) is 75.5 Å². The van der Waals surface area contributed by atoms with E-state index in [-0.39, 0.29) is 11.6 Å². The predicted octanol–water partition coefficient (Wildman–Crippen LogP) is 2.06. The molecule has 1 saturated heterocycles. The van der Waals surface area contributed by atoms with Crippen molar-refractivity contribution in [2.45, 2.75) is 19.3 Å². The highest BCUT2D eigenvalue weighted by Gasteiger charge is 2.24. The molecule has 0 aliphatic carbocycles. The standard InChI is InChI=1S/C15H21N3O3/c1-16-8-5-12-6-9-17(10-7-12)15(19)13-3-2-4-14(11-13)18(20)21/h2-4,11-12,16H,5-10H2,1H3. The maximum Gasteiger partial charge on any atom is 0.270 e. The molecule has 1 heterocycles. The van der Waals surface area contributed by atoms with E-state index in [1.165, 1.54) is 12.1 Å². The van der Waals surface area contributed by atoms with Gasteiger partial charge in [0, 0.05) is 30.8 Å². The zero-order valence-electron chi connectivity index (χ0n) is 12.2. The van der Waals surface area contributed by atoms with Gasteiger partial charge in [0.25, 0.3) is 11.6 Å². The molecule has 6 heteroatoms. The number of non-ortho nitro benzene ring substituents is 1. The van der Waals surface area contributed by atoms with Crippen LogP contribution in [0.15, 0.2) is 24.3 Å². The Kier molecular flexibility index (Phi) is 5.27. The first-order valence-electron chi connectivity index (χ1n) is 7.30. The molecule has 2 rings (SSSR count). The van der Waals surface area contributed by atoms with Gasteiger partial charge in [-0.3, -0.25) is 14.9 Å². The van der Waals surface area contributed by atoms with E-state index < -0.39 is 4.92 Å². The number of benzene rings is 1. The molecule has 114 valence electrons. The highest BCUT2D eigenvalue weighted by atomic mass is 16.6. The van der Waals surface area contributed by atoms with Crippen LogP contribution in [0.4, 0.5) is 5.69 Å². The van der Waals surface area contributed by atoms with Crippen molar-refractivity contribution in [2.24, 2.45) is 5.92 Å². The molecule has 0 spiro atoms. The third kappa shape index (κ3) is 4.01. The molecule has 1 aromatic carbocycles. The van der Waals surface area contributed by atoms with Crippen molar-refractivity contribution in [1.29, 1.82) is 0 Å². The molecule has 1 aliphatic heterocycles. The minimum Gasteiger partial charge on any atom is -0.339 e. The summed E-state index contributed by atoms with van der Waals surface area (Å²) in [5.74, 6) is 0.553. The first-order chi connectivity index (χ1) is 10.1. The zero-order chi connectivity index (χ0) is 15.2. The lowest BCUT2D eigenvalue weighted by Gasteiger charge is -2.32. The largest absolute Gasteiger partial charge is 0.339 e. The summed E-state index contributed by atoms with van der Waals surface area (Å²) in [7, 11) is 1.95. The number of nitrogens with one attached hydrogen (secondary N) is 1. The summed E-state index contributed by atoms with van der Waals surface area (Å²) < 4.78 is 0. The highest BCUT2D eigenvalue weighted by Crippen LogP contribution is 2.22. The molecule has 0 bridgehead atoms. The lowest BCUT2D eigenvalue weighted by Crippen LogP contribution is -2.38. The van der Waals surface area contributed by atoms with Crippen LogP contribution in [0.1, 0.15) is 29.6 Å². The van der Waals surface area contributed by atoms with Gasteiger partial charge >= 0.3 is 0 Å². The van der Waals surface area contributed by atoms with Crippen LogP contribution in [-0.2, 0) is 0 Å². The first kappa shape index (κ1) is 15.4. The fraction of sp³-hybridized carbons (Fsp3) is 0.533. The monoisotopic (exact) mass is 291 g/mol. The molecule has 0 saturated carbocycles. The van der Waals surface area contributed by atoms with Crippen molar-refractivity contribution < 1.29 is 9.72 Å². The van der Waals surface area contributed by atoms with Gasteiger partial charge in [0.2, 0.25) is 0 Å². The van der Waals surface area contributed by atoms with Crippen LogP contribution < -0.4 is 5.32 Å². The van der Waals surface area contributed by atoms with Crippen LogP contribution in [0.3, 0.4) is 0 Å². The van der Waals surface area contributed by atoms with Gasteiger partial charge in [-0.1, -0.05) is 6.07 Å². The molecule has 0 aromatic heterocycles. The second-order valence-electron chi connectivity index (χ2n) is 5.44. The smallest absolute Gasteiger partial charge is 0.270 e. The number of carbonyl (C=O) groups is 1. The van der Waals surface area contributed by atoms with Gasteiger partial charge in [-0.05, 0) is 44.8 Å². The molecule has 21 heavy (non-hydrogen) atoms. The molecule has 0 atom stereocenters. The maximum atomic E-state index is 12.4. The van der Waals surface area contributed by atoms with Crippen molar-refractivity contribution in [3.63, 3.8) is 0 Å². The second kappa shape index (κ2) is 7.17. The van der Waals surface area contributed by atoms with E-state index in [0.717, 1.165) is 38.9 Å². The highest BCUT2D eigenvalue weighted by molar-refractivity contribution is 5.94. The number of nitro benzene ring substituents is 1. The van der Waals surface area contributed by atoms with Crippen LogP contribution in [0, 0.1) is 16.0 Å². The molecule has 0 radical (unpaired) electrons. The Morgan fingerprint density at radius 1 is 1.43 bits per heavy atom. The number of nitrogens with zero attached hydrogens (tertiary/aromatic N) is 2. The summed E-state index contributed by atoms with van der Waals surface area (Å²) in [6.07, 6.45) is 3.14. The molecule has 6 nitrogen and oxygen atoms in total. The molecule has 0 unspecified atom stereocenters. The quantitative estimate of drug-likeness (QED) is 0.665. The molecule has 1 aliphatic rings. The lowest BCUT2D eigenvalue weighted by molar-refractivity contribution is -0.384. The van der Waals surface area contributed by atoms with Gasteiger partial charge < -0.3 is 10.2 Å². The van der Waals surface area contributed by atoms with Gasteiger partial charge in [-0.25, -0.2) is 0 Å². The summed E-state index contributed by atoms with van der Waals surface area (Å²) in [4.78, 5) is 24.5. The number of nitro groups is 1. The molecule has 1 fully saturated rings. The number of carbonyl (C=O) groups excluding carboxylic acids is 1. The Bertz CT molecular complexity index is 511. The van der Waals surface area contributed by atoms with E-state index in [0.29, 0.717) is 11.5 Å². The van der Waals surface area contributed by atoms with Gasteiger partial charge in [-0.15, -0.1) is 0 Å². The number of rotatable bonds is 5. The summed E-state index contributed by atoms with van der Waals surface area (Å²) in [5.41, 5.74) is 0.364. The minimum absolute atomic E-state index is 0.0373. The number of hydrogen-bond acceptors (Lipinski definition) is 4. The Labute approximate surface area is 124 Å². The van der Waals surface area contributed by atoms with Crippen LogP contribution in [0.2, 0.25) is 0 Å². The van der Waals surface area contributed by atoms with E-state index in [4.69, 9.17) is 0 Å². The molecular weight excluding hydrogens is 270 g/mol. The van der Waals surface area contributed by atoms with Gasteiger partial charge in [-0.2, -0.15) is 0 Å². The normalized spacial score (nSPS) is 16.0. The van der Waals surface area contributed by atoms with E-state index in [9.17, 15) is 14.9 Å². The number of likely N-dealkylation sites (tertiary alicyclic amines) is 1. The SMILES string of the molecule is CNCCC1CCN(C(=O)c2cccc([N+](=O)[O-])c2)CC1. The number of amides is 1. The summed E-state index contributed by atoms with van der Waals surface area (Å²) in [6.45, 7) is 2.47. The van der Waals surface area contributed by atoms with Crippen LogP contribution in [0.25, 0.3) is 0 Å². The van der Waals surface area contributed by atoms with E-state index in [1.807, 2.05) is 7.05 Å². The lowest BCUT2D eigenvalue weighted by atomic mass is 9.93. The maximum absolute atomic E-state index is 12.4. The van der Waals surface area contributed by atoms with Gasteiger partial charge in [0.05, 0.1) is 4.92 Å². The number of hydrogen-bond donors (Lipinski definition) is 1. The van der Waals surface area contributed by atoms with Crippen LogP contribution in [0.5, 0.6) is 0 Å². The average molecular weight is 291 g/mol. The Morgan fingerprint density at radius 2 is 2.14 bits per heavy atom. The van der Waals surface area contributed by atoms with Crippen molar-refractivity contribution >= 4 is 11.6 Å². The van der Waals surface area contributed by atoms with E-state index in [2.05, 4.69) is 5.32 Å². The van der Waals surface area contributed by atoms with Crippen molar-refractivity contribution in [1.82, 2.24) is 10.2 Å². The Hall–Kier alpha value is -1.95. The Morgan fingerprint density at radius 3 is 2.76 bits per heavy atom. The average Bonchev–Trinajstić information content (AvgIpc) is 2.53. The minimum atomic E-state index is -0.471. The summed E-state index contributed by atoms with van der Waals surface area (Å²) >= 11 is 0. The van der Waals surface area contributed by atoms with Crippen molar-refractivity contribution in [3.05, 3.63) is 39.9 Å². The fourth-order valence-corrected chi connectivity index (χ4v) is 2.71. The summed E-state index contributed by atoms with van der Waals surface area (Å²) in [5, 5.41) is 13.9. The molecular formula is C15H21N3O3. The van der Waals surface area contributed by atoms with Gasteiger partial charge in [0.1, 0.15) is 0 Å². The predicted molar refractivity (Wildman–Crippen MR) is 80.3 cm³/mol. The molecule has 1 N–H and O–H groups in total. The zero-order valence-corrected chi connectivity index (χ0v) is 12.2. The molecule has 1 amide bonds. The van der Waals surface area contributed by atoms with Crippen molar-refractivity contribution in [3.8, 4) is 0 Å². The van der Waals surface area contributed by atoms with Crippen LogP contribution in [-0.4, -0.2) is 42.4 Å². The molecule has 1 aromatic rings. The first-order valence-corrected chi connectivity index (χ1v) is 7.30. The van der Waals surface area contributed by atoms with E-state index >= 15 is 0 Å². The Balaban J connectivity index is 1.95. The fourth-order valence-electron chi connectivity index (χ4n) is 2.71. The second-order valence-corrected chi connectivity index (χ2v) is 5.44. The van der Waals surface area contributed by atoms with Crippen LogP contribution >= 0.6 is 0 Å². The van der Waals surface area contributed by atoms with Gasteiger partial charge in [0.15, 0.2) is 0 Å². The van der Waals surface area contributed by atoms with Crippen molar-refractivity contribution in [2.75, 3.05) is 26.7 Å². The third-order valence-electron chi connectivity index (χ3n) is 4.01. The number of piperidine rings is 1. The van der Waals surface area contributed by atoms with E-state index in [1.54, 1.807) is 17.0 Å². The third-order valence-corrected chi connectivity index (χ3v) is 4.01.